The fourth-order valence-corrected chi connectivity index (χ4v) is 4.46. The fourth-order valence-electron chi connectivity index (χ4n) is 4.46. The number of likely N-dealkylation sites (N-methyl/N-ethyl adjacent to an activating group) is 1. The van der Waals surface area contributed by atoms with Gasteiger partial charge in [0.2, 0.25) is 5.95 Å². The second kappa shape index (κ2) is 10.5. The average molecular weight is 481 g/mol. The number of hydrogen-bond donors (Lipinski definition) is 0. The Bertz CT molecular complexity index is 1250. The Hall–Kier alpha value is -3.39. The maximum Gasteiger partial charge on any atom is 0.255 e. The van der Waals surface area contributed by atoms with Crippen molar-refractivity contribution in [3.8, 4) is 16.9 Å². The maximum atomic E-state index is 13.7. The van der Waals surface area contributed by atoms with Crippen LogP contribution in [0.25, 0.3) is 11.1 Å². The molecule has 2 aromatic heterocycles. The third kappa shape index (κ3) is 5.32. The van der Waals surface area contributed by atoms with Crippen LogP contribution in [0.4, 0.5) is 8.78 Å². The highest BCUT2D eigenvalue weighted by Gasteiger charge is 2.28. The summed E-state index contributed by atoms with van der Waals surface area (Å²) in [5.41, 5.74) is 5.69. The summed E-state index contributed by atoms with van der Waals surface area (Å²) in [6.07, 6.45) is 2.86. The van der Waals surface area contributed by atoms with Gasteiger partial charge in [0.05, 0.1) is 7.11 Å². The molecule has 0 fully saturated rings. The molecule has 184 valence electrons. The molecule has 0 N–H and O–H groups in total. The van der Waals surface area contributed by atoms with Gasteiger partial charge in [-0.25, -0.2) is 9.97 Å². The monoisotopic (exact) mass is 480 g/mol. The summed E-state index contributed by atoms with van der Waals surface area (Å²) in [6.45, 7) is 6.48. The minimum absolute atomic E-state index is 0.0521. The standard InChI is InChI=1S/C27H30F2N4O2/c1-5-32(3)10-8-18-12-22(20-6-7-25(28)31-17(20)2)21-9-11-33(27(34)23(21)13-18)16-19-14-24(35-4)26(29)30-15-19/h6-7,12-15H,5,8-11,16H2,1-4H3. The summed E-state index contributed by atoms with van der Waals surface area (Å²) in [5, 5.41) is 0. The van der Waals surface area contributed by atoms with E-state index < -0.39 is 11.9 Å². The number of aryl methyl sites for hydroxylation is 1. The van der Waals surface area contributed by atoms with E-state index in [2.05, 4.69) is 34.9 Å². The van der Waals surface area contributed by atoms with Gasteiger partial charge < -0.3 is 14.5 Å². The quantitative estimate of drug-likeness (QED) is 0.447. The molecule has 6 nitrogen and oxygen atoms in total. The van der Waals surface area contributed by atoms with E-state index in [9.17, 15) is 13.6 Å². The van der Waals surface area contributed by atoms with Crippen molar-refractivity contribution < 1.29 is 18.3 Å². The van der Waals surface area contributed by atoms with Crippen molar-refractivity contribution >= 4 is 5.91 Å². The number of methoxy groups -OCH3 is 1. The number of aromatic nitrogens is 2. The van der Waals surface area contributed by atoms with Crippen molar-refractivity contribution in [3.63, 3.8) is 0 Å². The van der Waals surface area contributed by atoms with Gasteiger partial charge in [-0.2, -0.15) is 8.78 Å². The van der Waals surface area contributed by atoms with Crippen molar-refractivity contribution in [2.24, 2.45) is 0 Å². The van der Waals surface area contributed by atoms with E-state index in [0.717, 1.165) is 41.8 Å². The molecule has 0 bridgehead atoms. The molecule has 0 atom stereocenters. The number of rotatable bonds is 8. The molecule has 8 heteroatoms. The highest BCUT2D eigenvalue weighted by atomic mass is 19.1. The summed E-state index contributed by atoms with van der Waals surface area (Å²) < 4.78 is 32.5. The molecule has 0 spiro atoms. The van der Waals surface area contributed by atoms with Gasteiger partial charge in [0.15, 0.2) is 5.75 Å². The molecule has 0 saturated heterocycles. The molecule has 0 radical (unpaired) electrons. The zero-order chi connectivity index (χ0) is 25.1. The lowest BCUT2D eigenvalue weighted by molar-refractivity contribution is 0.0726. The topological polar surface area (TPSA) is 58.6 Å². The number of nitrogens with zero attached hydrogens (tertiary/aromatic N) is 4. The van der Waals surface area contributed by atoms with Gasteiger partial charge in [-0.1, -0.05) is 13.0 Å². The van der Waals surface area contributed by atoms with Crippen LogP contribution in [0.15, 0.2) is 36.5 Å². The predicted molar refractivity (Wildman–Crippen MR) is 130 cm³/mol. The highest BCUT2D eigenvalue weighted by molar-refractivity contribution is 5.99. The number of hydrogen-bond acceptors (Lipinski definition) is 5. The molecule has 0 unspecified atom stereocenters. The first-order chi connectivity index (χ1) is 16.8. The zero-order valence-corrected chi connectivity index (χ0v) is 20.6. The van der Waals surface area contributed by atoms with Gasteiger partial charge in [0, 0.05) is 42.7 Å². The van der Waals surface area contributed by atoms with Gasteiger partial charge in [-0.15, -0.1) is 0 Å². The molecule has 3 aromatic rings. The molecule has 1 aromatic carbocycles. The Kier molecular flexibility index (Phi) is 7.40. The average Bonchev–Trinajstić information content (AvgIpc) is 2.85. The second-order valence-electron chi connectivity index (χ2n) is 8.90. The van der Waals surface area contributed by atoms with Gasteiger partial charge in [-0.3, -0.25) is 4.79 Å². The lowest BCUT2D eigenvalue weighted by Crippen LogP contribution is -2.37. The Morgan fingerprint density at radius 3 is 2.60 bits per heavy atom. The van der Waals surface area contributed by atoms with Crippen molar-refractivity contribution in [2.45, 2.75) is 33.2 Å². The SMILES string of the molecule is CCN(C)CCc1cc2c(c(-c3ccc(F)nc3C)c1)CCN(Cc1cnc(F)c(OC)c1)C2=O. The summed E-state index contributed by atoms with van der Waals surface area (Å²) >= 11 is 0. The van der Waals surface area contributed by atoms with Gasteiger partial charge in [0.1, 0.15) is 0 Å². The molecule has 4 rings (SSSR count). The fraction of sp³-hybridized carbons (Fsp3) is 0.370. The van der Waals surface area contributed by atoms with Crippen LogP contribution in [0.2, 0.25) is 0 Å². The van der Waals surface area contributed by atoms with E-state index in [4.69, 9.17) is 4.74 Å². The van der Waals surface area contributed by atoms with Crippen molar-refractivity contribution in [1.29, 1.82) is 0 Å². The number of amides is 1. The van der Waals surface area contributed by atoms with Gasteiger partial charge in [-0.05, 0) is 79.9 Å². The third-order valence-corrected chi connectivity index (χ3v) is 6.58. The minimum Gasteiger partial charge on any atom is -0.492 e. The summed E-state index contributed by atoms with van der Waals surface area (Å²) in [7, 11) is 3.45. The van der Waals surface area contributed by atoms with Crippen LogP contribution in [0.3, 0.4) is 0 Å². The van der Waals surface area contributed by atoms with Crippen LogP contribution in [-0.4, -0.2) is 59.5 Å². The van der Waals surface area contributed by atoms with Crippen LogP contribution < -0.4 is 4.74 Å². The van der Waals surface area contributed by atoms with E-state index >= 15 is 0 Å². The number of halogens is 2. The Morgan fingerprint density at radius 2 is 1.89 bits per heavy atom. The van der Waals surface area contributed by atoms with E-state index in [1.54, 1.807) is 24.0 Å². The first kappa shape index (κ1) is 24.7. The van der Waals surface area contributed by atoms with Crippen LogP contribution in [0, 0.1) is 18.8 Å². The third-order valence-electron chi connectivity index (χ3n) is 6.58. The molecule has 3 heterocycles. The van der Waals surface area contributed by atoms with Crippen molar-refractivity contribution in [1.82, 2.24) is 19.8 Å². The molecule has 1 aliphatic heterocycles. The van der Waals surface area contributed by atoms with Crippen LogP contribution in [0.1, 0.15) is 39.7 Å². The first-order valence-electron chi connectivity index (χ1n) is 11.8. The Morgan fingerprint density at radius 1 is 1.11 bits per heavy atom. The van der Waals surface area contributed by atoms with Crippen LogP contribution >= 0.6 is 0 Å². The maximum absolute atomic E-state index is 13.7. The van der Waals surface area contributed by atoms with Crippen LogP contribution in [0.5, 0.6) is 5.75 Å². The molecule has 0 saturated carbocycles. The number of fused-ring (bicyclic) bond motifs is 1. The zero-order valence-electron chi connectivity index (χ0n) is 20.6. The van der Waals surface area contributed by atoms with E-state index in [0.29, 0.717) is 36.3 Å². The predicted octanol–water partition coefficient (Wildman–Crippen LogP) is 4.43. The summed E-state index contributed by atoms with van der Waals surface area (Å²) in [6, 6.07) is 8.76. The number of benzene rings is 1. The largest absolute Gasteiger partial charge is 0.492 e. The normalized spacial score (nSPS) is 13.3. The first-order valence-corrected chi connectivity index (χ1v) is 11.8. The molecule has 0 aliphatic carbocycles. The van der Waals surface area contributed by atoms with Gasteiger partial charge in [0.25, 0.3) is 11.9 Å². The van der Waals surface area contributed by atoms with Crippen molar-refractivity contribution in [2.75, 3.05) is 33.8 Å². The number of ether oxygens (including phenoxy) is 1. The van der Waals surface area contributed by atoms with E-state index in [-0.39, 0.29) is 11.7 Å². The highest BCUT2D eigenvalue weighted by Crippen LogP contribution is 2.34. The molecule has 1 amide bonds. The number of pyridine rings is 2. The van der Waals surface area contributed by atoms with E-state index in [1.165, 1.54) is 19.4 Å². The Balaban J connectivity index is 1.72. The molecule has 35 heavy (non-hydrogen) atoms. The lowest BCUT2D eigenvalue weighted by atomic mass is 9.87. The van der Waals surface area contributed by atoms with Gasteiger partial charge >= 0.3 is 0 Å². The minimum atomic E-state index is -0.679. The number of carbonyl (C=O) groups is 1. The number of carbonyl (C=O) groups excluding carboxylic acids is 1. The molecule has 1 aliphatic rings. The molecular formula is C27H30F2N4O2. The Labute approximate surface area is 204 Å². The molecular weight excluding hydrogens is 450 g/mol. The van der Waals surface area contributed by atoms with Crippen molar-refractivity contribution in [3.05, 3.63) is 76.4 Å². The van der Waals surface area contributed by atoms with Crippen LogP contribution in [-0.2, 0) is 19.4 Å². The van der Waals surface area contributed by atoms with E-state index in [1.807, 2.05) is 6.07 Å². The summed E-state index contributed by atoms with van der Waals surface area (Å²) in [5.74, 6) is -1.24. The lowest BCUT2D eigenvalue weighted by Gasteiger charge is -2.31. The smallest absolute Gasteiger partial charge is 0.255 e. The second-order valence-corrected chi connectivity index (χ2v) is 8.90. The summed E-state index contributed by atoms with van der Waals surface area (Å²) in [4.78, 5) is 25.3.